The van der Waals surface area contributed by atoms with Gasteiger partial charge in [0.05, 0.1) is 11.4 Å². The Morgan fingerprint density at radius 1 is 1.38 bits per heavy atom. The normalized spacial score (nSPS) is 18.7. The number of pyridine rings is 1. The molecule has 110 valence electrons. The number of hydrogen-bond donors (Lipinski definition) is 2. The van der Waals surface area contributed by atoms with Crippen LogP contribution in [0.2, 0.25) is 0 Å². The Bertz CT molecular complexity index is 659. The number of para-hydroxylation sites is 1. The van der Waals surface area contributed by atoms with E-state index in [0.29, 0.717) is 0 Å². The molecule has 3 rings (SSSR count). The number of piperidine rings is 1. The molecule has 2 aromatic rings. The van der Waals surface area contributed by atoms with Crippen molar-refractivity contribution in [1.29, 1.82) is 0 Å². The van der Waals surface area contributed by atoms with Crippen LogP contribution in [0.25, 0.3) is 10.9 Å². The molecule has 1 fully saturated rings. The summed E-state index contributed by atoms with van der Waals surface area (Å²) in [6.45, 7) is 2.29. The monoisotopic (exact) mass is 347 g/mol. The Morgan fingerprint density at radius 2 is 2.29 bits per heavy atom. The Hall–Kier alpha value is -1.46. The summed E-state index contributed by atoms with van der Waals surface area (Å²) in [5.74, 6) is 0.273. The maximum Gasteiger partial charge on any atom is 0.224 e. The highest BCUT2D eigenvalue weighted by Crippen LogP contribution is 2.24. The van der Waals surface area contributed by atoms with Crippen LogP contribution in [0.4, 0.5) is 0 Å². The van der Waals surface area contributed by atoms with Gasteiger partial charge in [-0.2, -0.15) is 0 Å². The van der Waals surface area contributed by atoms with E-state index in [0.717, 1.165) is 47.9 Å². The van der Waals surface area contributed by atoms with Crippen molar-refractivity contribution < 1.29 is 4.79 Å². The summed E-state index contributed by atoms with van der Waals surface area (Å²) in [7, 11) is 0. The topological polar surface area (TPSA) is 54.0 Å². The molecule has 1 saturated heterocycles. The lowest BCUT2D eigenvalue weighted by atomic mass is 9.98. The second kappa shape index (κ2) is 6.54. The van der Waals surface area contributed by atoms with Gasteiger partial charge in [-0.05, 0) is 46.5 Å². The largest absolute Gasteiger partial charge is 0.356 e. The molecule has 0 bridgehead atoms. The van der Waals surface area contributed by atoms with Crippen molar-refractivity contribution in [1.82, 2.24) is 15.6 Å². The molecule has 0 radical (unpaired) electrons. The number of nitrogens with one attached hydrogen (secondary N) is 2. The number of hydrogen-bond acceptors (Lipinski definition) is 3. The maximum atomic E-state index is 11.7. The smallest absolute Gasteiger partial charge is 0.224 e. The van der Waals surface area contributed by atoms with Crippen LogP contribution >= 0.6 is 15.9 Å². The van der Waals surface area contributed by atoms with Crippen LogP contribution in [0.3, 0.4) is 0 Å². The van der Waals surface area contributed by atoms with Gasteiger partial charge in [0.1, 0.15) is 0 Å². The third-order valence-electron chi connectivity index (χ3n) is 3.92. The Morgan fingerprint density at radius 3 is 3.14 bits per heavy atom. The van der Waals surface area contributed by atoms with Gasteiger partial charge in [-0.15, -0.1) is 0 Å². The number of rotatable bonds is 4. The van der Waals surface area contributed by atoms with Gasteiger partial charge < -0.3 is 10.6 Å². The third kappa shape index (κ3) is 3.24. The van der Waals surface area contributed by atoms with E-state index in [1.807, 2.05) is 24.4 Å². The van der Waals surface area contributed by atoms with Crippen LogP contribution in [0, 0.1) is 5.92 Å². The van der Waals surface area contributed by atoms with Crippen molar-refractivity contribution >= 4 is 32.7 Å². The fourth-order valence-electron chi connectivity index (χ4n) is 2.76. The SMILES string of the molecule is O=C1NCCCC1CNCc1ccnc2c(Br)cccc12. The minimum Gasteiger partial charge on any atom is -0.356 e. The van der Waals surface area contributed by atoms with Gasteiger partial charge in [0, 0.05) is 35.7 Å². The van der Waals surface area contributed by atoms with Crippen molar-refractivity contribution in [3.05, 3.63) is 40.5 Å². The zero-order valence-corrected chi connectivity index (χ0v) is 13.3. The molecule has 2 N–H and O–H groups in total. The Labute approximate surface area is 132 Å². The number of benzene rings is 1. The first-order valence-electron chi connectivity index (χ1n) is 7.26. The van der Waals surface area contributed by atoms with Crippen LogP contribution in [0.1, 0.15) is 18.4 Å². The lowest BCUT2D eigenvalue weighted by Crippen LogP contribution is -2.41. The molecule has 0 spiro atoms. The van der Waals surface area contributed by atoms with Crippen molar-refractivity contribution in [2.45, 2.75) is 19.4 Å². The Kier molecular flexibility index (Phi) is 4.51. The number of aromatic nitrogens is 1. The van der Waals surface area contributed by atoms with Crippen LogP contribution in [-0.2, 0) is 11.3 Å². The lowest BCUT2D eigenvalue weighted by Gasteiger charge is -2.22. The molecular weight excluding hydrogens is 330 g/mol. The molecule has 2 heterocycles. The summed E-state index contributed by atoms with van der Waals surface area (Å²) in [6, 6.07) is 8.13. The van der Waals surface area contributed by atoms with Gasteiger partial charge >= 0.3 is 0 Å². The zero-order chi connectivity index (χ0) is 14.7. The summed E-state index contributed by atoms with van der Waals surface area (Å²) < 4.78 is 1.01. The maximum absolute atomic E-state index is 11.7. The third-order valence-corrected chi connectivity index (χ3v) is 4.56. The van der Waals surface area contributed by atoms with Crippen molar-refractivity contribution in [3.8, 4) is 0 Å². The van der Waals surface area contributed by atoms with E-state index >= 15 is 0 Å². The number of carbonyl (C=O) groups is 1. The van der Waals surface area contributed by atoms with Crippen molar-refractivity contribution in [2.24, 2.45) is 5.92 Å². The molecule has 1 atom stereocenters. The fraction of sp³-hybridized carbons (Fsp3) is 0.375. The number of fused-ring (bicyclic) bond motifs is 1. The molecule has 1 aromatic carbocycles. The second-order valence-electron chi connectivity index (χ2n) is 5.37. The fourth-order valence-corrected chi connectivity index (χ4v) is 3.23. The molecule has 1 aromatic heterocycles. The average Bonchev–Trinajstić information content (AvgIpc) is 2.50. The standard InChI is InChI=1S/C16H18BrN3O/c17-14-5-1-4-13-11(6-8-19-15(13)14)9-18-10-12-3-2-7-20-16(12)21/h1,4-6,8,12,18H,2-3,7,9-10H2,(H,20,21). The molecule has 0 aliphatic carbocycles. The molecule has 5 heteroatoms. The number of halogens is 1. The van der Waals surface area contributed by atoms with Gasteiger partial charge in [0.15, 0.2) is 0 Å². The van der Waals surface area contributed by atoms with Crippen molar-refractivity contribution in [2.75, 3.05) is 13.1 Å². The van der Waals surface area contributed by atoms with E-state index in [4.69, 9.17) is 0 Å². The summed E-state index contributed by atoms with van der Waals surface area (Å²) in [6.07, 6.45) is 3.88. The molecule has 1 amide bonds. The predicted octanol–water partition coefficient (Wildman–Crippen LogP) is 2.61. The highest BCUT2D eigenvalue weighted by molar-refractivity contribution is 9.10. The summed E-state index contributed by atoms with van der Waals surface area (Å²) in [4.78, 5) is 16.1. The summed E-state index contributed by atoms with van der Waals surface area (Å²) in [5, 5.41) is 7.48. The quantitative estimate of drug-likeness (QED) is 0.893. The molecule has 1 unspecified atom stereocenters. The van der Waals surface area contributed by atoms with E-state index in [1.165, 1.54) is 5.56 Å². The number of carbonyl (C=O) groups excluding carboxylic acids is 1. The molecule has 4 nitrogen and oxygen atoms in total. The molecular formula is C16H18BrN3O. The summed E-state index contributed by atoms with van der Waals surface area (Å²) in [5.41, 5.74) is 2.18. The second-order valence-corrected chi connectivity index (χ2v) is 6.22. The minimum absolute atomic E-state index is 0.0959. The highest BCUT2D eigenvalue weighted by Gasteiger charge is 2.21. The van der Waals surface area contributed by atoms with E-state index in [9.17, 15) is 4.79 Å². The minimum atomic E-state index is 0.0959. The van der Waals surface area contributed by atoms with E-state index in [2.05, 4.69) is 37.6 Å². The van der Waals surface area contributed by atoms with Crippen molar-refractivity contribution in [3.63, 3.8) is 0 Å². The van der Waals surface area contributed by atoms with Crippen LogP contribution < -0.4 is 10.6 Å². The van der Waals surface area contributed by atoms with E-state index < -0.39 is 0 Å². The van der Waals surface area contributed by atoms with Gasteiger partial charge in [-0.1, -0.05) is 12.1 Å². The highest BCUT2D eigenvalue weighted by atomic mass is 79.9. The van der Waals surface area contributed by atoms with Gasteiger partial charge in [0.25, 0.3) is 0 Å². The van der Waals surface area contributed by atoms with Crippen LogP contribution in [0.5, 0.6) is 0 Å². The van der Waals surface area contributed by atoms with Crippen LogP contribution in [-0.4, -0.2) is 24.0 Å². The molecule has 1 aliphatic heterocycles. The average molecular weight is 348 g/mol. The first-order valence-corrected chi connectivity index (χ1v) is 8.05. The van der Waals surface area contributed by atoms with Gasteiger partial charge in [-0.3, -0.25) is 9.78 Å². The van der Waals surface area contributed by atoms with Gasteiger partial charge in [-0.25, -0.2) is 0 Å². The number of amides is 1. The first-order chi connectivity index (χ1) is 10.3. The van der Waals surface area contributed by atoms with E-state index in [-0.39, 0.29) is 11.8 Å². The number of nitrogens with zero attached hydrogens (tertiary/aromatic N) is 1. The predicted molar refractivity (Wildman–Crippen MR) is 86.9 cm³/mol. The van der Waals surface area contributed by atoms with Crippen LogP contribution in [0.15, 0.2) is 34.9 Å². The summed E-state index contributed by atoms with van der Waals surface area (Å²) >= 11 is 3.53. The molecule has 0 saturated carbocycles. The zero-order valence-electron chi connectivity index (χ0n) is 11.7. The lowest BCUT2D eigenvalue weighted by molar-refractivity contribution is -0.126. The first kappa shape index (κ1) is 14.5. The van der Waals surface area contributed by atoms with E-state index in [1.54, 1.807) is 0 Å². The molecule has 21 heavy (non-hydrogen) atoms. The Balaban J connectivity index is 1.68. The van der Waals surface area contributed by atoms with Gasteiger partial charge in [0.2, 0.25) is 5.91 Å². The molecule has 1 aliphatic rings.